The van der Waals surface area contributed by atoms with E-state index in [1.165, 1.54) is 57.3 Å². The number of unbranched alkanes of at least 4 members (excludes halogenated alkanes) is 1. The molecule has 1 aliphatic heterocycles. The van der Waals surface area contributed by atoms with Crippen molar-refractivity contribution in [2.75, 3.05) is 26.2 Å². The fourth-order valence-electron chi connectivity index (χ4n) is 3.02. The van der Waals surface area contributed by atoms with E-state index in [1.54, 1.807) is 4.90 Å². The van der Waals surface area contributed by atoms with Gasteiger partial charge in [0.15, 0.2) is 0 Å². The van der Waals surface area contributed by atoms with E-state index in [0.717, 1.165) is 12.4 Å². The minimum atomic E-state index is 0.584. The number of likely N-dealkylation sites (tertiary alicyclic amines) is 1. The third-order valence-electron chi connectivity index (χ3n) is 4.56. The van der Waals surface area contributed by atoms with E-state index in [2.05, 4.69) is 38.1 Å². The van der Waals surface area contributed by atoms with Crippen LogP contribution < -0.4 is 9.64 Å². The molecule has 0 aliphatic carbocycles. The third-order valence-corrected chi connectivity index (χ3v) is 4.56. The van der Waals surface area contributed by atoms with Crippen LogP contribution in [0.25, 0.3) is 0 Å². The molecular weight excluding hydrogens is 246 g/mol. The van der Waals surface area contributed by atoms with Crippen molar-refractivity contribution in [1.29, 1.82) is 0 Å². The predicted molar refractivity (Wildman–Crippen MR) is 84.7 cm³/mol. The zero-order valence-corrected chi connectivity index (χ0v) is 13.2. The lowest BCUT2D eigenvalue weighted by Crippen LogP contribution is -3.09. The van der Waals surface area contributed by atoms with E-state index >= 15 is 0 Å². The van der Waals surface area contributed by atoms with Gasteiger partial charge >= 0.3 is 0 Å². The standard InChI is InChI=1S/C18H29NO/c1-3-16(2)17-10-4-5-11-18(17)20-15-9-8-14-19-12-6-7-13-19/h4-5,10-11,16H,3,6-9,12-15H2,1-2H3/p+1/t16-/m1/s1. The Labute approximate surface area is 124 Å². The maximum atomic E-state index is 6.02. The smallest absolute Gasteiger partial charge is 0.122 e. The first kappa shape index (κ1) is 15.4. The Morgan fingerprint density at radius 1 is 1.15 bits per heavy atom. The molecule has 0 spiro atoms. The van der Waals surface area contributed by atoms with Gasteiger partial charge in [-0.05, 0) is 36.8 Å². The molecule has 0 amide bonds. The second-order valence-corrected chi connectivity index (χ2v) is 6.11. The molecule has 2 rings (SSSR count). The summed E-state index contributed by atoms with van der Waals surface area (Å²) in [6, 6.07) is 8.52. The second kappa shape index (κ2) is 8.31. The van der Waals surface area contributed by atoms with Gasteiger partial charge < -0.3 is 9.64 Å². The van der Waals surface area contributed by atoms with E-state index in [4.69, 9.17) is 4.74 Å². The SMILES string of the molecule is CC[C@@H](C)c1ccccc1OCCCC[NH+]1CCCC1. The van der Waals surface area contributed by atoms with E-state index in [9.17, 15) is 0 Å². The van der Waals surface area contributed by atoms with E-state index in [-0.39, 0.29) is 0 Å². The molecule has 112 valence electrons. The average molecular weight is 276 g/mol. The van der Waals surface area contributed by atoms with Crippen LogP contribution in [0.5, 0.6) is 5.75 Å². The minimum absolute atomic E-state index is 0.584. The maximum Gasteiger partial charge on any atom is 0.122 e. The Morgan fingerprint density at radius 3 is 2.65 bits per heavy atom. The van der Waals surface area contributed by atoms with Crippen molar-refractivity contribution in [3.63, 3.8) is 0 Å². The van der Waals surface area contributed by atoms with Gasteiger partial charge in [-0.15, -0.1) is 0 Å². The lowest BCUT2D eigenvalue weighted by atomic mass is 9.98. The summed E-state index contributed by atoms with van der Waals surface area (Å²) in [7, 11) is 0. The summed E-state index contributed by atoms with van der Waals surface area (Å²) >= 11 is 0. The number of rotatable bonds is 8. The molecule has 1 N–H and O–H groups in total. The second-order valence-electron chi connectivity index (χ2n) is 6.11. The zero-order chi connectivity index (χ0) is 14.2. The molecule has 2 nitrogen and oxygen atoms in total. The van der Waals surface area contributed by atoms with Crippen molar-refractivity contribution < 1.29 is 9.64 Å². The number of benzene rings is 1. The Bertz CT molecular complexity index is 385. The normalized spacial score (nSPS) is 17.3. The van der Waals surface area contributed by atoms with Gasteiger partial charge in [0.05, 0.1) is 26.2 Å². The summed E-state index contributed by atoms with van der Waals surface area (Å²) in [6.07, 6.45) is 6.49. The zero-order valence-electron chi connectivity index (χ0n) is 13.2. The van der Waals surface area contributed by atoms with Crippen LogP contribution in [0.15, 0.2) is 24.3 Å². The molecule has 0 saturated carbocycles. The highest BCUT2D eigenvalue weighted by atomic mass is 16.5. The molecule has 1 saturated heterocycles. The summed E-state index contributed by atoms with van der Waals surface area (Å²) in [5, 5.41) is 0. The summed E-state index contributed by atoms with van der Waals surface area (Å²) in [5.41, 5.74) is 1.36. The van der Waals surface area contributed by atoms with E-state index in [0.29, 0.717) is 5.92 Å². The molecule has 1 aromatic carbocycles. The van der Waals surface area contributed by atoms with Crippen molar-refractivity contribution in [3.8, 4) is 5.75 Å². The predicted octanol–water partition coefficient (Wildman–Crippen LogP) is 3.04. The molecular formula is C18H30NO+. The van der Waals surface area contributed by atoms with Gasteiger partial charge in [-0.3, -0.25) is 0 Å². The third kappa shape index (κ3) is 4.52. The molecule has 0 radical (unpaired) electrons. The molecule has 0 unspecified atom stereocenters. The molecule has 1 atom stereocenters. The van der Waals surface area contributed by atoms with Crippen molar-refractivity contribution >= 4 is 0 Å². The lowest BCUT2D eigenvalue weighted by molar-refractivity contribution is -0.887. The quantitative estimate of drug-likeness (QED) is 0.721. The van der Waals surface area contributed by atoms with Crippen LogP contribution in [0, 0.1) is 0 Å². The van der Waals surface area contributed by atoms with Crippen LogP contribution in [-0.4, -0.2) is 26.2 Å². The number of para-hydroxylation sites is 1. The Morgan fingerprint density at radius 2 is 1.90 bits per heavy atom. The van der Waals surface area contributed by atoms with Crippen LogP contribution in [0.3, 0.4) is 0 Å². The van der Waals surface area contributed by atoms with Crippen LogP contribution in [0.2, 0.25) is 0 Å². The highest BCUT2D eigenvalue weighted by Crippen LogP contribution is 2.28. The summed E-state index contributed by atoms with van der Waals surface area (Å²) in [4.78, 5) is 1.80. The van der Waals surface area contributed by atoms with Gasteiger partial charge in [-0.2, -0.15) is 0 Å². The van der Waals surface area contributed by atoms with Gasteiger partial charge in [-0.25, -0.2) is 0 Å². The van der Waals surface area contributed by atoms with Crippen LogP contribution in [0.4, 0.5) is 0 Å². The number of ether oxygens (including phenoxy) is 1. The highest BCUT2D eigenvalue weighted by molar-refractivity contribution is 5.35. The van der Waals surface area contributed by atoms with Crippen LogP contribution in [-0.2, 0) is 0 Å². The van der Waals surface area contributed by atoms with Gasteiger partial charge in [0.2, 0.25) is 0 Å². The highest BCUT2D eigenvalue weighted by Gasteiger charge is 2.14. The van der Waals surface area contributed by atoms with Gasteiger partial charge in [0, 0.05) is 12.8 Å². The van der Waals surface area contributed by atoms with Crippen LogP contribution >= 0.6 is 0 Å². The van der Waals surface area contributed by atoms with Gasteiger partial charge in [0.1, 0.15) is 5.75 Å². The van der Waals surface area contributed by atoms with Crippen molar-refractivity contribution in [2.45, 2.75) is 51.9 Å². The molecule has 1 aromatic rings. The first-order chi connectivity index (χ1) is 9.81. The number of hydrogen-bond acceptors (Lipinski definition) is 1. The molecule has 1 aliphatic rings. The van der Waals surface area contributed by atoms with Gasteiger partial charge in [0.25, 0.3) is 0 Å². The molecule has 2 heteroatoms. The fraction of sp³-hybridized carbons (Fsp3) is 0.667. The topological polar surface area (TPSA) is 13.7 Å². The molecule has 1 heterocycles. The molecule has 0 bridgehead atoms. The van der Waals surface area contributed by atoms with E-state index < -0.39 is 0 Å². The monoisotopic (exact) mass is 276 g/mol. The largest absolute Gasteiger partial charge is 0.493 e. The number of quaternary nitrogens is 1. The first-order valence-corrected chi connectivity index (χ1v) is 8.36. The Kier molecular flexibility index (Phi) is 6.38. The molecule has 1 fully saturated rings. The number of nitrogens with one attached hydrogen (secondary N) is 1. The molecule has 0 aromatic heterocycles. The average Bonchev–Trinajstić information content (AvgIpc) is 3.00. The van der Waals surface area contributed by atoms with Crippen molar-refractivity contribution in [2.24, 2.45) is 0 Å². The minimum Gasteiger partial charge on any atom is -0.493 e. The molecule has 20 heavy (non-hydrogen) atoms. The van der Waals surface area contributed by atoms with Gasteiger partial charge in [-0.1, -0.05) is 32.0 Å². The maximum absolute atomic E-state index is 6.02. The Hall–Kier alpha value is -1.02. The summed E-state index contributed by atoms with van der Waals surface area (Å²) in [6.45, 7) is 9.48. The van der Waals surface area contributed by atoms with Crippen molar-refractivity contribution in [1.82, 2.24) is 0 Å². The first-order valence-electron chi connectivity index (χ1n) is 8.36. The fourth-order valence-corrected chi connectivity index (χ4v) is 3.02. The summed E-state index contributed by atoms with van der Waals surface area (Å²) in [5.74, 6) is 1.68. The van der Waals surface area contributed by atoms with Crippen molar-refractivity contribution in [3.05, 3.63) is 29.8 Å². The number of hydrogen-bond donors (Lipinski definition) is 1. The van der Waals surface area contributed by atoms with E-state index in [1.807, 2.05) is 0 Å². The lowest BCUT2D eigenvalue weighted by Gasteiger charge is -2.16. The Balaban J connectivity index is 1.70. The van der Waals surface area contributed by atoms with Crippen LogP contribution in [0.1, 0.15) is 57.4 Å². The summed E-state index contributed by atoms with van der Waals surface area (Å²) < 4.78 is 6.02.